The molecule has 8 aromatic rings. The van der Waals surface area contributed by atoms with Crippen LogP contribution in [0.2, 0.25) is 0 Å². The lowest BCUT2D eigenvalue weighted by Crippen LogP contribution is -2.38. The van der Waals surface area contributed by atoms with E-state index < -0.39 is 190 Å². The third kappa shape index (κ3) is 5.06. The summed E-state index contributed by atoms with van der Waals surface area (Å²) < 4.78 is 274. The predicted octanol–water partition coefficient (Wildman–Crippen LogP) is 12.2. The van der Waals surface area contributed by atoms with E-state index in [-0.39, 0.29) is 11.6 Å². The van der Waals surface area contributed by atoms with Crippen LogP contribution in [0.25, 0.3) is 54.2 Å². The molecule has 0 aromatic heterocycles. The van der Waals surface area contributed by atoms with Gasteiger partial charge in [0.1, 0.15) is 23.1 Å². The van der Waals surface area contributed by atoms with E-state index in [1.807, 2.05) is 0 Å². The fraction of sp³-hybridized carbons (Fsp3) is 0.0256. The molecule has 0 amide bonds. The van der Waals surface area contributed by atoms with Crippen molar-refractivity contribution in [3.8, 4) is 28.4 Å². The van der Waals surface area contributed by atoms with Gasteiger partial charge in [0, 0.05) is 39.3 Å². The molecule has 0 radical (unpaired) electrons. The molecule has 0 N–H and O–H groups in total. The molecule has 0 unspecified atom stereocenters. The molecule has 0 saturated heterocycles. The molecule has 0 spiro atoms. The fourth-order valence-electron chi connectivity index (χ4n) is 7.44. The van der Waals surface area contributed by atoms with E-state index in [9.17, 15) is 26.3 Å². The second-order valence-corrected chi connectivity index (χ2v) is 13.1. The van der Waals surface area contributed by atoms with Gasteiger partial charge in [-0.2, -0.15) is 8.78 Å². The zero-order chi connectivity index (χ0) is 43.1. The quantitative estimate of drug-likeness (QED) is 0.0722. The van der Waals surface area contributed by atoms with Crippen molar-refractivity contribution >= 4 is 50.4 Å². The van der Waals surface area contributed by atoms with E-state index >= 15 is 48.3 Å². The van der Waals surface area contributed by atoms with Gasteiger partial charge in [-0.15, -0.1) is 0 Å². The Kier molecular flexibility index (Phi) is 8.52. The van der Waals surface area contributed by atoms with Gasteiger partial charge in [-0.1, -0.05) is 12.1 Å². The average Bonchev–Trinajstić information content (AvgIpc) is 3.61. The monoisotopic (exact) mass is 858 g/mol. The SMILES string of the molecule is Fc1cc2c(OB(Oc3c(F)c(F)c(F)c4c3Cc3cccc(F)c3-4)Oc3c(F)c(F)c4c(F)c(F)c5c(F)c(F)c(F)c6c(F)c(F)c3c4c56)ccc(F)c2c(F)c1F. The Bertz CT molecular complexity index is 3240. The van der Waals surface area contributed by atoms with Gasteiger partial charge in [0.25, 0.3) is 0 Å². The van der Waals surface area contributed by atoms with Crippen molar-refractivity contribution in [2.24, 2.45) is 0 Å². The first-order valence-corrected chi connectivity index (χ1v) is 16.5. The van der Waals surface area contributed by atoms with Crippen molar-refractivity contribution in [2.75, 3.05) is 0 Å². The third-order valence-electron chi connectivity index (χ3n) is 9.97. The Morgan fingerprint density at radius 2 is 0.867 bits per heavy atom. The summed E-state index contributed by atoms with van der Waals surface area (Å²) in [4.78, 5) is 0. The molecule has 0 saturated carbocycles. The summed E-state index contributed by atoms with van der Waals surface area (Å²) in [5.41, 5.74) is -2.51. The van der Waals surface area contributed by atoms with Gasteiger partial charge in [-0.05, 0) is 29.8 Å². The number of hydrogen-bond acceptors (Lipinski definition) is 3. The van der Waals surface area contributed by atoms with E-state index in [2.05, 4.69) is 0 Å². The molecule has 0 fully saturated rings. The van der Waals surface area contributed by atoms with Crippen LogP contribution in [0.4, 0.5) is 74.6 Å². The molecule has 0 atom stereocenters. The molecule has 8 aromatic carbocycles. The van der Waals surface area contributed by atoms with Crippen molar-refractivity contribution in [1.29, 1.82) is 0 Å². The van der Waals surface area contributed by atoms with Crippen LogP contribution in [0.5, 0.6) is 17.2 Å². The second-order valence-electron chi connectivity index (χ2n) is 13.1. The van der Waals surface area contributed by atoms with E-state index in [4.69, 9.17) is 14.0 Å². The zero-order valence-corrected chi connectivity index (χ0v) is 28.4. The summed E-state index contributed by atoms with van der Waals surface area (Å²) in [6.45, 7) is 0. The molecule has 0 bridgehead atoms. The maximum Gasteiger partial charge on any atom is 0.864 e. The van der Waals surface area contributed by atoms with Crippen LogP contribution in [-0.2, 0) is 6.42 Å². The molecule has 21 heteroatoms. The number of hydrogen-bond donors (Lipinski definition) is 0. The van der Waals surface area contributed by atoms with Crippen molar-refractivity contribution in [2.45, 2.75) is 6.42 Å². The molecular formula is C39H8BF17O3. The third-order valence-corrected chi connectivity index (χ3v) is 9.97. The number of fused-ring (bicyclic) bond motifs is 4. The summed E-state index contributed by atoms with van der Waals surface area (Å²) in [5, 5.41) is -13.4. The standard InChI is InChI=1S/C39H8BF17O3/c41-11-3-1-2-8-6-10-17(15(8)11)26(46)35(55)37(57)38(10)59-40(58-14-5-4-12(42)16-9(14)7-13(43)24(44)25(16)45)60-39-23-19-18-20(27(47)28(48)22(19)32(52)36(39)56)30(50)34(54)31(51)21(18)29(49)33(23)53/h1-5,7H,6H2. The van der Waals surface area contributed by atoms with Crippen LogP contribution >= 0.6 is 0 Å². The van der Waals surface area contributed by atoms with Crippen molar-refractivity contribution in [3.63, 3.8) is 0 Å². The normalized spacial score (nSPS) is 12.3. The summed E-state index contributed by atoms with van der Waals surface area (Å²) in [7, 11) is -3.26. The van der Waals surface area contributed by atoms with Crippen molar-refractivity contribution in [3.05, 3.63) is 146 Å². The van der Waals surface area contributed by atoms with Gasteiger partial charge < -0.3 is 14.0 Å². The largest absolute Gasteiger partial charge is 0.864 e. The maximum atomic E-state index is 16.1. The van der Waals surface area contributed by atoms with E-state index in [1.165, 1.54) is 6.07 Å². The van der Waals surface area contributed by atoms with Gasteiger partial charge in [-0.3, -0.25) is 0 Å². The predicted molar refractivity (Wildman–Crippen MR) is 176 cm³/mol. The van der Waals surface area contributed by atoms with Crippen LogP contribution in [0, 0.1) is 98.9 Å². The smallest absolute Gasteiger partial charge is 0.489 e. The van der Waals surface area contributed by atoms with E-state index in [0.717, 1.165) is 12.1 Å². The summed E-state index contributed by atoms with van der Waals surface area (Å²) in [6, 6.07) is 3.99. The molecule has 0 aliphatic heterocycles. The highest BCUT2D eigenvalue weighted by molar-refractivity contribution is 6.40. The zero-order valence-electron chi connectivity index (χ0n) is 28.4. The van der Waals surface area contributed by atoms with Gasteiger partial charge in [0.2, 0.25) is 11.6 Å². The highest BCUT2D eigenvalue weighted by Gasteiger charge is 2.43. The lowest BCUT2D eigenvalue weighted by atomic mass is 9.90. The Hall–Kier alpha value is -6.67. The maximum absolute atomic E-state index is 16.1. The second kappa shape index (κ2) is 13.2. The van der Waals surface area contributed by atoms with Crippen LogP contribution < -0.4 is 14.0 Å². The molecule has 9 rings (SSSR count). The van der Waals surface area contributed by atoms with Crippen LogP contribution in [0.1, 0.15) is 11.1 Å². The highest BCUT2D eigenvalue weighted by atomic mass is 19.2. The van der Waals surface area contributed by atoms with Crippen LogP contribution in [0.15, 0.2) is 36.4 Å². The van der Waals surface area contributed by atoms with Gasteiger partial charge >= 0.3 is 7.32 Å². The molecule has 3 nitrogen and oxygen atoms in total. The number of benzene rings is 8. The van der Waals surface area contributed by atoms with Gasteiger partial charge in [0.15, 0.2) is 81.4 Å². The molecule has 60 heavy (non-hydrogen) atoms. The lowest BCUT2D eigenvalue weighted by Gasteiger charge is -2.23. The van der Waals surface area contributed by atoms with Crippen molar-refractivity contribution < 1.29 is 88.6 Å². The minimum absolute atomic E-state index is 0.101. The highest BCUT2D eigenvalue weighted by Crippen LogP contribution is 2.50. The number of halogens is 17. The minimum Gasteiger partial charge on any atom is -0.489 e. The molecular weight excluding hydrogens is 850 g/mol. The number of rotatable bonds is 6. The van der Waals surface area contributed by atoms with Crippen molar-refractivity contribution in [1.82, 2.24) is 0 Å². The molecule has 0 heterocycles. The summed E-state index contributed by atoms with van der Waals surface area (Å²) in [5.74, 6) is -43.8. The first-order chi connectivity index (χ1) is 28.4. The van der Waals surface area contributed by atoms with Gasteiger partial charge in [-0.25, -0.2) is 65.9 Å². The first-order valence-electron chi connectivity index (χ1n) is 16.5. The minimum atomic E-state index is -3.26. The van der Waals surface area contributed by atoms with Crippen LogP contribution in [0.3, 0.4) is 0 Å². The summed E-state index contributed by atoms with van der Waals surface area (Å²) in [6.07, 6.45) is -0.701. The average molecular weight is 858 g/mol. The Labute approximate surface area is 320 Å². The van der Waals surface area contributed by atoms with Gasteiger partial charge in [0.05, 0.1) is 26.9 Å². The topological polar surface area (TPSA) is 27.7 Å². The van der Waals surface area contributed by atoms with Crippen LogP contribution in [-0.4, -0.2) is 7.32 Å². The summed E-state index contributed by atoms with van der Waals surface area (Å²) >= 11 is 0. The lowest BCUT2D eigenvalue weighted by molar-refractivity contribution is 0.289. The molecule has 1 aliphatic carbocycles. The fourth-order valence-corrected chi connectivity index (χ4v) is 7.44. The molecule has 1 aliphatic rings. The molecule has 304 valence electrons. The first kappa shape index (κ1) is 38.8. The van der Waals surface area contributed by atoms with E-state index in [1.54, 1.807) is 0 Å². The van der Waals surface area contributed by atoms with E-state index in [0.29, 0.717) is 12.1 Å². The Morgan fingerprint density at radius 1 is 0.367 bits per heavy atom. The Morgan fingerprint density at radius 3 is 1.50 bits per heavy atom. The Balaban J connectivity index is 1.33.